The van der Waals surface area contributed by atoms with E-state index in [1.165, 1.54) is 7.11 Å². The van der Waals surface area contributed by atoms with Gasteiger partial charge in [0.15, 0.2) is 0 Å². The highest BCUT2D eigenvalue weighted by Gasteiger charge is 2.12. The third-order valence-corrected chi connectivity index (χ3v) is 3.40. The molecular formula is C16H20N2O3. The molecule has 0 saturated carbocycles. The number of carbonyl (C=O) groups is 2. The Balaban J connectivity index is 1.85. The third kappa shape index (κ3) is 4.08. The molecule has 1 unspecified atom stereocenters. The fraction of sp³-hybridized carbons (Fsp3) is 0.375. The number of para-hydroxylation sites is 1. The van der Waals surface area contributed by atoms with Gasteiger partial charge < -0.3 is 15.0 Å². The molecule has 1 aromatic carbocycles. The zero-order valence-corrected chi connectivity index (χ0v) is 12.3. The van der Waals surface area contributed by atoms with Crippen LogP contribution in [0.25, 0.3) is 10.9 Å². The molecular weight excluding hydrogens is 268 g/mol. The molecule has 0 spiro atoms. The van der Waals surface area contributed by atoms with Gasteiger partial charge in [-0.1, -0.05) is 18.2 Å². The standard InChI is InChI=1S/C16H20N2O3/c1-11(9-16(20)21-2)18-15(19)8-7-12-10-17-14-6-4-3-5-13(12)14/h3-6,10-11,17H,7-9H2,1-2H3,(H,18,19). The van der Waals surface area contributed by atoms with E-state index >= 15 is 0 Å². The topological polar surface area (TPSA) is 71.2 Å². The smallest absolute Gasteiger partial charge is 0.307 e. The highest BCUT2D eigenvalue weighted by molar-refractivity contribution is 5.84. The predicted molar refractivity (Wildman–Crippen MR) is 80.9 cm³/mol. The third-order valence-electron chi connectivity index (χ3n) is 3.40. The van der Waals surface area contributed by atoms with Crippen molar-refractivity contribution in [1.29, 1.82) is 0 Å². The first-order valence-corrected chi connectivity index (χ1v) is 7.01. The zero-order valence-electron chi connectivity index (χ0n) is 12.3. The summed E-state index contributed by atoms with van der Waals surface area (Å²) in [6.07, 6.45) is 3.19. The molecule has 2 N–H and O–H groups in total. The highest BCUT2D eigenvalue weighted by Crippen LogP contribution is 2.18. The molecule has 21 heavy (non-hydrogen) atoms. The van der Waals surface area contributed by atoms with E-state index in [-0.39, 0.29) is 24.3 Å². The maximum atomic E-state index is 11.9. The van der Waals surface area contributed by atoms with E-state index in [9.17, 15) is 9.59 Å². The molecule has 0 bridgehead atoms. The summed E-state index contributed by atoms with van der Waals surface area (Å²) in [5.74, 6) is -0.379. The summed E-state index contributed by atoms with van der Waals surface area (Å²) in [6.45, 7) is 1.79. The van der Waals surface area contributed by atoms with E-state index in [0.29, 0.717) is 12.8 Å². The van der Waals surface area contributed by atoms with Crippen LogP contribution in [0, 0.1) is 0 Å². The van der Waals surface area contributed by atoms with Crippen LogP contribution in [-0.2, 0) is 20.7 Å². The Morgan fingerprint density at radius 1 is 1.33 bits per heavy atom. The molecule has 0 aliphatic rings. The molecule has 5 heteroatoms. The SMILES string of the molecule is COC(=O)CC(C)NC(=O)CCc1c[nH]c2ccccc12. The molecule has 112 valence electrons. The Labute approximate surface area is 123 Å². The van der Waals surface area contributed by atoms with Crippen molar-refractivity contribution in [3.8, 4) is 0 Å². The average Bonchev–Trinajstić information content (AvgIpc) is 2.88. The van der Waals surface area contributed by atoms with E-state index in [1.807, 2.05) is 30.5 Å². The first-order chi connectivity index (χ1) is 10.1. The van der Waals surface area contributed by atoms with Gasteiger partial charge in [-0.2, -0.15) is 0 Å². The summed E-state index contributed by atoms with van der Waals surface area (Å²) < 4.78 is 4.58. The molecule has 0 aliphatic heterocycles. The van der Waals surface area contributed by atoms with Crippen molar-refractivity contribution in [2.24, 2.45) is 0 Å². The van der Waals surface area contributed by atoms with Crippen LogP contribution in [-0.4, -0.2) is 30.0 Å². The van der Waals surface area contributed by atoms with Gasteiger partial charge in [-0.3, -0.25) is 9.59 Å². The maximum Gasteiger partial charge on any atom is 0.307 e. The normalized spacial score (nSPS) is 12.1. The summed E-state index contributed by atoms with van der Waals surface area (Å²) >= 11 is 0. The number of benzene rings is 1. The zero-order chi connectivity index (χ0) is 15.2. The molecule has 1 atom stereocenters. The van der Waals surface area contributed by atoms with Crippen LogP contribution in [0.3, 0.4) is 0 Å². The second kappa shape index (κ2) is 6.92. The van der Waals surface area contributed by atoms with Crippen molar-refractivity contribution in [3.05, 3.63) is 36.0 Å². The Bertz CT molecular complexity index is 633. The Hall–Kier alpha value is -2.30. The van der Waals surface area contributed by atoms with Gasteiger partial charge in [0.2, 0.25) is 5.91 Å². The van der Waals surface area contributed by atoms with E-state index in [0.717, 1.165) is 16.5 Å². The van der Waals surface area contributed by atoms with Crippen LogP contribution in [0.15, 0.2) is 30.5 Å². The van der Waals surface area contributed by atoms with E-state index in [2.05, 4.69) is 15.0 Å². The number of hydrogen-bond donors (Lipinski definition) is 2. The second-order valence-corrected chi connectivity index (χ2v) is 5.11. The molecule has 2 rings (SSSR count). The van der Waals surface area contributed by atoms with Crippen LogP contribution < -0.4 is 5.32 Å². The number of aryl methyl sites for hydroxylation is 1. The minimum absolute atomic E-state index is 0.0586. The van der Waals surface area contributed by atoms with Crippen LogP contribution >= 0.6 is 0 Å². The number of nitrogens with one attached hydrogen (secondary N) is 2. The monoisotopic (exact) mass is 288 g/mol. The number of methoxy groups -OCH3 is 1. The van der Waals surface area contributed by atoms with Crippen molar-refractivity contribution < 1.29 is 14.3 Å². The number of rotatable bonds is 6. The van der Waals surface area contributed by atoms with Crippen LogP contribution in [0.4, 0.5) is 0 Å². The number of hydrogen-bond acceptors (Lipinski definition) is 3. The number of aromatic nitrogens is 1. The van der Waals surface area contributed by atoms with Gasteiger partial charge in [-0.25, -0.2) is 0 Å². The van der Waals surface area contributed by atoms with Crippen LogP contribution in [0.5, 0.6) is 0 Å². The fourth-order valence-corrected chi connectivity index (χ4v) is 2.32. The largest absolute Gasteiger partial charge is 0.469 e. The first-order valence-electron chi connectivity index (χ1n) is 7.01. The predicted octanol–water partition coefficient (Wildman–Crippen LogP) is 2.17. The number of ether oxygens (including phenoxy) is 1. The van der Waals surface area contributed by atoms with Crippen LogP contribution in [0.1, 0.15) is 25.3 Å². The van der Waals surface area contributed by atoms with Crippen molar-refractivity contribution in [2.45, 2.75) is 32.2 Å². The number of amides is 1. The molecule has 0 saturated heterocycles. The first kappa shape index (κ1) is 15.1. The van der Waals surface area contributed by atoms with Crippen molar-refractivity contribution in [1.82, 2.24) is 10.3 Å². The van der Waals surface area contributed by atoms with Gasteiger partial charge in [-0.05, 0) is 25.0 Å². The Morgan fingerprint density at radius 3 is 2.86 bits per heavy atom. The second-order valence-electron chi connectivity index (χ2n) is 5.11. The molecule has 0 radical (unpaired) electrons. The van der Waals surface area contributed by atoms with Gasteiger partial charge in [0, 0.05) is 29.6 Å². The van der Waals surface area contributed by atoms with Crippen molar-refractivity contribution in [3.63, 3.8) is 0 Å². The van der Waals surface area contributed by atoms with Gasteiger partial charge in [0.25, 0.3) is 0 Å². The number of esters is 1. The molecule has 0 aliphatic carbocycles. The van der Waals surface area contributed by atoms with E-state index in [4.69, 9.17) is 0 Å². The van der Waals surface area contributed by atoms with E-state index in [1.54, 1.807) is 6.92 Å². The van der Waals surface area contributed by atoms with Gasteiger partial charge in [0.1, 0.15) is 0 Å². The maximum absolute atomic E-state index is 11.9. The fourth-order valence-electron chi connectivity index (χ4n) is 2.32. The molecule has 1 aromatic heterocycles. The van der Waals surface area contributed by atoms with Crippen molar-refractivity contribution in [2.75, 3.05) is 7.11 Å². The lowest BCUT2D eigenvalue weighted by Crippen LogP contribution is -2.34. The molecule has 1 amide bonds. The number of fused-ring (bicyclic) bond motifs is 1. The molecule has 1 heterocycles. The highest BCUT2D eigenvalue weighted by atomic mass is 16.5. The molecule has 2 aromatic rings. The van der Waals surface area contributed by atoms with Gasteiger partial charge in [-0.15, -0.1) is 0 Å². The number of aromatic amines is 1. The quantitative estimate of drug-likeness (QED) is 0.800. The lowest BCUT2D eigenvalue weighted by molar-refractivity contribution is -0.141. The minimum Gasteiger partial charge on any atom is -0.469 e. The van der Waals surface area contributed by atoms with Crippen molar-refractivity contribution >= 4 is 22.8 Å². The molecule has 0 fully saturated rings. The summed E-state index contributed by atoms with van der Waals surface area (Å²) in [5.41, 5.74) is 2.20. The number of H-pyrrole nitrogens is 1. The summed E-state index contributed by atoms with van der Waals surface area (Å²) in [6, 6.07) is 7.80. The lowest BCUT2D eigenvalue weighted by atomic mass is 10.1. The minimum atomic E-state index is -0.320. The van der Waals surface area contributed by atoms with Gasteiger partial charge in [0.05, 0.1) is 13.5 Å². The summed E-state index contributed by atoms with van der Waals surface area (Å²) in [5, 5.41) is 3.95. The Kier molecular flexibility index (Phi) is 4.98. The van der Waals surface area contributed by atoms with E-state index < -0.39 is 0 Å². The average molecular weight is 288 g/mol. The summed E-state index contributed by atoms with van der Waals surface area (Å²) in [4.78, 5) is 26.2. The van der Waals surface area contributed by atoms with Crippen LogP contribution in [0.2, 0.25) is 0 Å². The Morgan fingerprint density at radius 2 is 2.10 bits per heavy atom. The lowest BCUT2D eigenvalue weighted by Gasteiger charge is -2.12. The summed E-state index contributed by atoms with van der Waals surface area (Å²) in [7, 11) is 1.34. The number of carbonyl (C=O) groups excluding carboxylic acids is 2. The molecule has 5 nitrogen and oxygen atoms in total. The van der Waals surface area contributed by atoms with Gasteiger partial charge >= 0.3 is 5.97 Å².